The Morgan fingerprint density at radius 1 is 1.18 bits per heavy atom. The van der Waals surface area contributed by atoms with Crippen molar-refractivity contribution in [1.82, 2.24) is 0 Å². The van der Waals surface area contributed by atoms with E-state index in [2.05, 4.69) is 15.9 Å². The summed E-state index contributed by atoms with van der Waals surface area (Å²) in [5.74, 6) is -0.325. The SMILES string of the molecule is CN(c1cccc(Br)c1)c1ccc(F)cc1N. The zero-order valence-corrected chi connectivity index (χ0v) is 10.9. The monoisotopic (exact) mass is 294 g/mol. The number of rotatable bonds is 2. The van der Waals surface area contributed by atoms with Gasteiger partial charge in [0.2, 0.25) is 0 Å². The second kappa shape index (κ2) is 4.75. The minimum Gasteiger partial charge on any atom is -0.397 e. The maximum atomic E-state index is 13.0. The average molecular weight is 295 g/mol. The molecule has 0 aromatic heterocycles. The minimum atomic E-state index is -0.325. The summed E-state index contributed by atoms with van der Waals surface area (Å²) in [4.78, 5) is 1.92. The van der Waals surface area contributed by atoms with Gasteiger partial charge in [-0.3, -0.25) is 0 Å². The summed E-state index contributed by atoms with van der Waals surface area (Å²) in [5.41, 5.74) is 7.99. The molecule has 0 atom stereocenters. The Kier molecular flexibility index (Phi) is 3.33. The first-order valence-electron chi connectivity index (χ1n) is 5.12. The molecule has 0 bridgehead atoms. The van der Waals surface area contributed by atoms with Crippen molar-refractivity contribution in [3.8, 4) is 0 Å². The van der Waals surface area contributed by atoms with Crippen LogP contribution < -0.4 is 10.6 Å². The molecule has 88 valence electrons. The van der Waals surface area contributed by atoms with Gasteiger partial charge in [0.15, 0.2) is 0 Å². The highest BCUT2D eigenvalue weighted by molar-refractivity contribution is 9.10. The van der Waals surface area contributed by atoms with Crippen LogP contribution in [0.2, 0.25) is 0 Å². The van der Waals surface area contributed by atoms with Crippen molar-refractivity contribution in [2.75, 3.05) is 17.7 Å². The Morgan fingerprint density at radius 2 is 1.94 bits per heavy atom. The fraction of sp³-hybridized carbons (Fsp3) is 0.0769. The van der Waals surface area contributed by atoms with E-state index in [1.165, 1.54) is 12.1 Å². The molecule has 0 amide bonds. The van der Waals surface area contributed by atoms with Gasteiger partial charge in [0.25, 0.3) is 0 Å². The topological polar surface area (TPSA) is 29.3 Å². The molecule has 4 heteroatoms. The maximum Gasteiger partial charge on any atom is 0.125 e. The Balaban J connectivity index is 2.40. The van der Waals surface area contributed by atoms with Crippen LogP contribution in [0.5, 0.6) is 0 Å². The first kappa shape index (κ1) is 11.9. The Bertz CT molecular complexity index is 543. The molecule has 2 nitrogen and oxygen atoms in total. The second-order valence-corrected chi connectivity index (χ2v) is 4.66. The molecule has 17 heavy (non-hydrogen) atoms. The largest absolute Gasteiger partial charge is 0.397 e. The molecule has 0 aliphatic rings. The van der Waals surface area contributed by atoms with E-state index in [4.69, 9.17) is 5.73 Å². The summed E-state index contributed by atoms with van der Waals surface area (Å²) in [6.45, 7) is 0. The summed E-state index contributed by atoms with van der Waals surface area (Å²) < 4.78 is 14.0. The van der Waals surface area contributed by atoms with Gasteiger partial charge < -0.3 is 10.6 Å². The maximum absolute atomic E-state index is 13.0. The Morgan fingerprint density at radius 3 is 2.59 bits per heavy atom. The molecule has 0 aliphatic carbocycles. The highest BCUT2D eigenvalue weighted by atomic mass is 79.9. The van der Waals surface area contributed by atoms with Crippen LogP contribution in [0, 0.1) is 5.82 Å². The van der Waals surface area contributed by atoms with Gasteiger partial charge in [0.1, 0.15) is 5.82 Å². The lowest BCUT2D eigenvalue weighted by Crippen LogP contribution is -2.11. The van der Waals surface area contributed by atoms with Crippen LogP contribution in [0.1, 0.15) is 0 Å². The number of anilines is 3. The highest BCUT2D eigenvalue weighted by Crippen LogP contribution is 2.30. The summed E-state index contributed by atoms with van der Waals surface area (Å²) >= 11 is 3.42. The van der Waals surface area contributed by atoms with E-state index in [9.17, 15) is 4.39 Å². The van der Waals surface area contributed by atoms with Crippen molar-refractivity contribution in [2.24, 2.45) is 0 Å². The molecule has 0 saturated carbocycles. The zero-order valence-electron chi connectivity index (χ0n) is 9.32. The van der Waals surface area contributed by atoms with Gasteiger partial charge >= 0.3 is 0 Å². The predicted molar refractivity (Wildman–Crippen MR) is 73.0 cm³/mol. The lowest BCUT2D eigenvalue weighted by Gasteiger charge is -2.21. The normalized spacial score (nSPS) is 10.3. The molecular formula is C13H12BrFN2. The first-order chi connectivity index (χ1) is 8.08. The number of hydrogen-bond donors (Lipinski definition) is 1. The standard InChI is InChI=1S/C13H12BrFN2/c1-17(11-4-2-3-9(14)7-11)13-6-5-10(15)8-12(13)16/h2-8H,16H2,1H3. The van der Waals surface area contributed by atoms with Crippen LogP contribution in [0.4, 0.5) is 21.5 Å². The lowest BCUT2D eigenvalue weighted by atomic mass is 10.2. The van der Waals surface area contributed by atoms with E-state index >= 15 is 0 Å². The third-order valence-electron chi connectivity index (χ3n) is 2.55. The minimum absolute atomic E-state index is 0.325. The smallest absolute Gasteiger partial charge is 0.125 e. The van der Waals surface area contributed by atoms with Crippen LogP contribution in [0.25, 0.3) is 0 Å². The van der Waals surface area contributed by atoms with Gasteiger partial charge in [-0.2, -0.15) is 0 Å². The van der Waals surface area contributed by atoms with Crippen molar-refractivity contribution >= 4 is 33.0 Å². The van der Waals surface area contributed by atoms with Crippen LogP contribution in [0.15, 0.2) is 46.9 Å². The number of nitrogen functional groups attached to an aromatic ring is 1. The van der Waals surface area contributed by atoms with Crippen molar-refractivity contribution < 1.29 is 4.39 Å². The Hall–Kier alpha value is -1.55. The molecule has 0 fully saturated rings. The van der Waals surface area contributed by atoms with E-state index in [1.807, 2.05) is 36.2 Å². The van der Waals surface area contributed by atoms with Crippen LogP contribution in [-0.2, 0) is 0 Å². The molecule has 2 aromatic rings. The molecule has 0 aliphatic heterocycles. The van der Waals surface area contributed by atoms with Crippen LogP contribution >= 0.6 is 15.9 Å². The van der Waals surface area contributed by atoms with Gasteiger partial charge in [0.05, 0.1) is 11.4 Å². The molecular weight excluding hydrogens is 283 g/mol. The predicted octanol–water partition coefficient (Wildman–Crippen LogP) is 3.94. The molecule has 2 aromatic carbocycles. The molecule has 0 saturated heterocycles. The van der Waals surface area contributed by atoms with E-state index in [-0.39, 0.29) is 5.82 Å². The average Bonchev–Trinajstić information content (AvgIpc) is 2.28. The van der Waals surface area contributed by atoms with Gasteiger partial charge in [0, 0.05) is 17.2 Å². The van der Waals surface area contributed by atoms with E-state index in [0.717, 1.165) is 15.8 Å². The number of hydrogen-bond acceptors (Lipinski definition) is 2. The number of benzene rings is 2. The van der Waals surface area contributed by atoms with E-state index in [0.29, 0.717) is 5.69 Å². The summed E-state index contributed by atoms with van der Waals surface area (Å²) in [5, 5.41) is 0. The summed E-state index contributed by atoms with van der Waals surface area (Å²) in [7, 11) is 1.89. The number of nitrogens with two attached hydrogens (primary N) is 1. The highest BCUT2D eigenvalue weighted by Gasteiger charge is 2.08. The number of nitrogens with zero attached hydrogens (tertiary/aromatic N) is 1. The summed E-state index contributed by atoms with van der Waals surface area (Å²) in [6.07, 6.45) is 0. The van der Waals surface area contributed by atoms with E-state index < -0.39 is 0 Å². The molecule has 2 rings (SSSR count). The quantitative estimate of drug-likeness (QED) is 0.850. The third-order valence-corrected chi connectivity index (χ3v) is 3.04. The first-order valence-corrected chi connectivity index (χ1v) is 5.91. The van der Waals surface area contributed by atoms with Crippen molar-refractivity contribution in [1.29, 1.82) is 0 Å². The van der Waals surface area contributed by atoms with Gasteiger partial charge in [-0.05, 0) is 36.4 Å². The van der Waals surface area contributed by atoms with Crippen molar-refractivity contribution in [3.63, 3.8) is 0 Å². The summed E-state index contributed by atoms with van der Waals surface area (Å²) in [6, 6.07) is 12.2. The third kappa shape index (κ3) is 2.58. The second-order valence-electron chi connectivity index (χ2n) is 3.74. The molecule has 0 heterocycles. The van der Waals surface area contributed by atoms with Crippen LogP contribution in [-0.4, -0.2) is 7.05 Å². The lowest BCUT2D eigenvalue weighted by molar-refractivity contribution is 0.628. The van der Waals surface area contributed by atoms with Gasteiger partial charge in [-0.1, -0.05) is 22.0 Å². The van der Waals surface area contributed by atoms with E-state index in [1.54, 1.807) is 6.07 Å². The zero-order chi connectivity index (χ0) is 12.4. The molecule has 0 unspecified atom stereocenters. The van der Waals surface area contributed by atoms with Crippen molar-refractivity contribution in [3.05, 3.63) is 52.8 Å². The van der Waals surface area contributed by atoms with Gasteiger partial charge in [-0.15, -0.1) is 0 Å². The molecule has 0 radical (unpaired) electrons. The fourth-order valence-electron chi connectivity index (χ4n) is 1.65. The van der Waals surface area contributed by atoms with Crippen LogP contribution in [0.3, 0.4) is 0 Å². The van der Waals surface area contributed by atoms with Gasteiger partial charge in [-0.25, -0.2) is 4.39 Å². The molecule has 0 spiro atoms. The number of halogens is 2. The fourth-order valence-corrected chi connectivity index (χ4v) is 2.04. The Labute approximate surface area is 108 Å². The molecule has 2 N–H and O–H groups in total. The van der Waals surface area contributed by atoms with Crippen molar-refractivity contribution in [2.45, 2.75) is 0 Å².